The van der Waals surface area contributed by atoms with Crippen LogP contribution in [-0.4, -0.2) is 22.2 Å². The average Bonchev–Trinajstić information content (AvgIpc) is 2.46. The molecule has 5 heteroatoms. The van der Waals surface area contributed by atoms with Crippen LogP contribution in [0.5, 0.6) is 0 Å². The van der Waals surface area contributed by atoms with Gasteiger partial charge in [0.05, 0.1) is 0 Å². The first kappa shape index (κ1) is 27.4. The first-order chi connectivity index (χ1) is 10.5. The summed E-state index contributed by atoms with van der Waals surface area (Å²) >= 11 is 0. The molecule has 0 aliphatic carbocycles. The second-order valence-corrected chi connectivity index (χ2v) is 5.82. The molecule has 0 aliphatic rings. The van der Waals surface area contributed by atoms with Crippen LogP contribution in [0.15, 0.2) is 0 Å². The molecule has 0 bridgehead atoms. The second kappa shape index (κ2) is 23.8. The molecule has 0 atom stereocenters. The van der Waals surface area contributed by atoms with E-state index in [2.05, 4.69) is 13.8 Å². The molecule has 2 N–H and O–H groups in total. The molecule has 0 aromatic carbocycles. The predicted octanol–water partition coefficient (Wildman–Crippen LogP) is 5.64. The zero-order valence-corrected chi connectivity index (χ0v) is 18.3. The molecule has 0 amide bonds. The van der Waals surface area contributed by atoms with Crippen molar-refractivity contribution >= 4 is 11.9 Å². The van der Waals surface area contributed by atoms with Gasteiger partial charge in [0.25, 0.3) is 0 Å². The first-order valence-corrected chi connectivity index (χ1v) is 8.98. The summed E-state index contributed by atoms with van der Waals surface area (Å²) in [6.07, 6.45) is 14.5. The summed E-state index contributed by atoms with van der Waals surface area (Å²) in [5, 5.41) is 16.6. The van der Waals surface area contributed by atoms with Crippen molar-refractivity contribution < 1.29 is 39.3 Å². The van der Waals surface area contributed by atoms with Gasteiger partial charge in [-0.15, -0.1) is 0 Å². The van der Waals surface area contributed by atoms with Crippen molar-refractivity contribution in [1.29, 1.82) is 0 Å². The minimum absolute atomic E-state index is 0. The van der Waals surface area contributed by atoms with Crippen molar-refractivity contribution in [3.8, 4) is 0 Å². The molecule has 0 heterocycles. The van der Waals surface area contributed by atoms with Gasteiger partial charge in [-0.2, -0.15) is 0 Å². The number of carboxylic acids is 2. The number of hydrogen-bond donors (Lipinski definition) is 2. The van der Waals surface area contributed by atoms with Gasteiger partial charge in [0.15, 0.2) is 0 Å². The molecule has 23 heavy (non-hydrogen) atoms. The summed E-state index contributed by atoms with van der Waals surface area (Å²) < 4.78 is 0. The Labute approximate surface area is 155 Å². The van der Waals surface area contributed by atoms with Crippen LogP contribution in [0.25, 0.3) is 0 Å². The van der Waals surface area contributed by atoms with E-state index >= 15 is 0 Å². The number of carbonyl (C=O) groups is 2. The third-order valence-electron chi connectivity index (χ3n) is 3.49. The number of aliphatic carboxylic acids is 2. The first-order valence-electron chi connectivity index (χ1n) is 8.98. The maximum Gasteiger partial charge on any atom is 0.303 e. The van der Waals surface area contributed by atoms with E-state index in [-0.39, 0.29) is 19.5 Å². The van der Waals surface area contributed by atoms with Crippen LogP contribution in [0.4, 0.5) is 0 Å². The Kier molecular flexibility index (Phi) is 28.4. The van der Waals surface area contributed by atoms with Gasteiger partial charge in [-0.3, -0.25) is 9.59 Å². The van der Waals surface area contributed by atoms with Crippen LogP contribution < -0.4 is 0 Å². The molecular weight excluding hydrogens is 346 g/mol. The van der Waals surface area contributed by atoms with E-state index in [0.29, 0.717) is 12.8 Å². The molecule has 0 saturated heterocycles. The van der Waals surface area contributed by atoms with Gasteiger partial charge < -0.3 is 10.2 Å². The van der Waals surface area contributed by atoms with Crippen LogP contribution in [0, 0.1) is 0 Å². The standard InChI is InChI=1S/C10H20O2.C8H16O2.Zn/c1-2-3-4-5-6-7-8-9-10(11)12;1-2-3-4-5-6-7-8(9)10;/h2-9H2,1H3,(H,11,12);2-7H2,1H3,(H,9,10);. The maximum atomic E-state index is 10.1. The monoisotopic (exact) mass is 380 g/mol. The third kappa shape index (κ3) is 34.1. The summed E-state index contributed by atoms with van der Waals surface area (Å²) in [6, 6.07) is 0. The van der Waals surface area contributed by atoms with Gasteiger partial charge in [-0.25, -0.2) is 0 Å². The zero-order valence-electron chi connectivity index (χ0n) is 15.3. The van der Waals surface area contributed by atoms with Crippen molar-refractivity contribution in [2.75, 3.05) is 0 Å². The SMILES string of the molecule is CCCCCCCC(=O)O.CCCCCCCCCC(=O)O.[Zn]. The van der Waals surface area contributed by atoms with Crippen molar-refractivity contribution in [3.63, 3.8) is 0 Å². The van der Waals surface area contributed by atoms with E-state index in [4.69, 9.17) is 10.2 Å². The normalized spacial score (nSPS) is 9.48. The summed E-state index contributed by atoms with van der Waals surface area (Å²) in [5.41, 5.74) is 0. The number of rotatable bonds is 14. The van der Waals surface area contributed by atoms with Gasteiger partial charge in [0.1, 0.15) is 0 Å². The van der Waals surface area contributed by atoms with E-state index in [1.54, 1.807) is 0 Å². The van der Waals surface area contributed by atoms with Crippen molar-refractivity contribution in [3.05, 3.63) is 0 Å². The number of unbranched alkanes of at least 4 members (excludes halogenated alkanes) is 10. The number of hydrogen-bond acceptors (Lipinski definition) is 2. The molecule has 0 aromatic heterocycles. The van der Waals surface area contributed by atoms with Crippen LogP contribution >= 0.6 is 0 Å². The van der Waals surface area contributed by atoms with Gasteiger partial charge in [0, 0.05) is 32.3 Å². The quantitative estimate of drug-likeness (QED) is 0.301. The molecule has 0 aliphatic heterocycles. The van der Waals surface area contributed by atoms with E-state index in [1.807, 2.05) is 0 Å². The molecule has 0 aromatic rings. The third-order valence-corrected chi connectivity index (χ3v) is 3.49. The van der Waals surface area contributed by atoms with Crippen molar-refractivity contribution in [2.24, 2.45) is 0 Å². The van der Waals surface area contributed by atoms with Gasteiger partial charge in [0.2, 0.25) is 0 Å². The number of carboxylic acid groups (broad SMARTS) is 2. The second-order valence-electron chi connectivity index (χ2n) is 5.82. The Morgan fingerprint density at radius 1 is 0.565 bits per heavy atom. The minimum atomic E-state index is -0.670. The molecule has 0 fully saturated rings. The summed E-state index contributed by atoms with van der Waals surface area (Å²) in [7, 11) is 0. The summed E-state index contributed by atoms with van der Waals surface area (Å²) in [6.45, 7) is 4.35. The summed E-state index contributed by atoms with van der Waals surface area (Å²) in [5.74, 6) is -1.33. The van der Waals surface area contributed by atoms with Crippen LogP contribution in [0.2, 0.25) is 0 Å². The molecule has 4 nitrogen and oxygen atoms in total. The predicted molar refractivity (Wildman–Crippen MR) is 91.3 cm³/mol. The Hall–Kier alpha value is -0.437. The fourth-order valence-corrected chi connectivity index (χ4v) is 2.11. The minimum Gasteiger partial charge on any atom is -0.481 e. The van der Waals surface area contributed by atoms with Gasteiger partial charge in [-0.05, 0) is 12.8 Å². The van der Waals surface area contributed by atoms with E-state index < -0.39 is 11.9 Å². The smallest absolute Gasteiger partial charge is 0.303 e. The average molecular weight is 382 g/mol. The van der Waals surface area contributed by atoms with Crippen molar-refractivity contribution in [2.45, 2.75) is 104 Å². The Morgan fingerprint density at radius 2 is 0.826 bits per heavy atom. The Balaban J connectivity index is -0.000000338. The maximum absolute atomic E-state index is 10.1. The van der Waals surface area contributed by atoms with Crippen LogP contribution in [0.1, 0.15) is 104 Å². The van der Waals surface area contributed by atoms with Crippen molar-refractivity contribution in [1.82, 2.24) is 0 Å². The van der Waals surface area contributed by atoms with E-state index in [9.17, 15) is 9.59 Å². The molecule has 0 radical (unpaired) electrons. The largest absolute Gasteiger partial charge is 0.481 e. The van der Waals surface area contributed by atoms with E-state index in [1.165, 1.54) is 51.4 Å². The molecule has 0 rings (SSSR count). The van der Waals surface area contributed by atoms with Crippen LogP contribution in [-0.2, 0) is 29.1 Å². The molecule has 0 unspecified atom stereocenters. The molecule has 134 valence electrons. The summed E-state index contributed by atoms with van der Waals surface area (Å²) in [4.78, 5) is 20.2. The molecular formula is C18H36O4Zn. The Bertz CT molecular complexity index is 257. The topological polar surface area (TPSA) is 74.6 Å². The fourth-order valence-electron chi connectivity index (χ4n) is 2.11. The Morgan fingerprint density at radius 3 is 1.09 bits per heavy atom. The molecule has 0 saturated carbocycles. The van der Waals surface area contributed by atoms with Gasteiger partial charge >= 0.3 is 11.9 Å². The molecule has 0 spiro atoms. The van der Waals surface area contributed by atoms with E-state index in [0.717, 1.165) is 25.7 Å². The fraction of sp³-hybridized carbons (Fsp3) is 0.889. The zero-order chi connectivity index (χ0) is 17.1. The van der Waals surface area contributed by atoms with Gasteiger partial charge in [-0.1, -0.05) is 78.1 Å². The van der Waals surface area contributed by atoms with Crippen LogP contribution in [0.3, 0.4) is 0 Å².